The first-order valence-corrected chi connectivity index (χ1v) is 8.46. The molecular formula is C16H16FN5OS. The Morgan fingerprint density at radius 2 is 2.25 bits per heavy atom. The van der Waals surface area contributed by atoms with Crippen LogP contribution in [0.5, 0.6) is 0 Å². The molecule has 4 rings (SSSR count). The second kappa shape index (κ2) is 5.55. The third kappa shape index (κ3) is 2.34. The highest BCUT2D eigenvalue weighted by molar-refractivity contribution is 7.22. The van der Waals surface area contributed by atoms with Crippen LogP contribution in [0.2, 0.25) is 0 Å². The predicted octanol–water partition coefficient (Wildman–Crippen LogP) is 2.15. The summed E-state index contributed by atoms with van der Waals surface area (Å²) >= 11 is 1.51. The van der Waals surface area contributed by atoms with E-state index in [0.717, 1.165) is 21.2 Å². The molecule has 1 aliphatic rings. The van der Waals surface area contributed by atoms with E-state index >= 15 is 0 Å². The number of amides is 1. The van der Waals surface area contributed by atoms with Gasteiger partial charge in [0.1, 0.15) is 11.9 Å². The Bertz CT molecular complexity index is 899. The number of hydrogen-bond donors (Lipinski definition) is 1. The van der Waals surface area contributed by atoms with Crippen molar-refractivity contribution in [2.45, 2.75) is 13.0 Å². The van der Waals surface area contributed by atoms with Crippen LogP contribution in [0.3, 0.4) is 0 Å². The van der Waals surface area contributed by atoms with Gasteiger partial charge < -0.3 is 10.2 Å². The van der Waals surface area contributed by atoms with Crippen LogP contribution in [0.25, 0.3) is 10.3 Å². The summed E-state index contributed by atoms with van der Waals surface area (Å²) in [6.07, 6.45) is 0. The first kappa shape index (κ1) is 15.1. The molecule has 1 aromatic carbocycles. The van der Waals surface area contributed by atoms with Crippen molar-refractivity contribution in [1.82, 2.24) is 20.1 Å². The first-order chi connectivity index (χ1) is 11.5. The summed E-state index contributed by atoms with van der Waals surface area (Å²) in [6.45, 7) is 3.11. The number of thiazole rings is 1. The number of halogens is 1. The molecular weight excluding hydrogens is 329 g/mol. The summed E-state index contributed by atoms with van der Waals surface area (Å²) in [5.74, 6) is -0.490. The van der Waals surface area contributed by atoms with Gasteiger partial charge in [-0.05, 0) is 24.6 Å². The molecule has 3 heterocycles. The van der Waals surface area contributed by atoms with Crippen molar-refractivity contribution < 1.29 is 9.18 Å². The van der Waals surface area contributed by atoms with Gasteiger partial charge in [-0.15, -0.1) is 0 Å². The highest BCUT2D eigenvalue weighted by Gasteiger charge is 2.33. The van der Waals surface area contributed by atoms with E-state index in [9.17, 15) is 9.18 Å². The van der Waals surface area contributed by atoms with Crippen LogP contribution in [0.1, 0.15) is 17.3 Å². The van der Waals surface area contributed by atoms with Crippen molar-refractivity contribution in [2.75, 3.05) is 18.0 Å². The van der Waals surface area contributed by atoms with E-state index in [2.05, 4.69) is 15.4 Å². The number of aryl methyl sites for hydroxylation is 2. The molecule has 8 heteroatoms. The minimum atomic E-state index is -0.580. The lowest BCUT2D eigenvalue weighted by Crippen LogP contribution is -2.50. The lowest BCUT2D eigenvalue weighted by molar-refractivity contribution is -0.123. The Morgan fingerprint density at radius 3 is 3.00 bits per heavy atom. The molecule has 6 nitrogen and oxygen atoms in total. The normalized spacial score (nSPS) is 18.2. The van der Waals surface area contributed by atoms with Crippen molar-refractivity contribution in [3.63, 3.8) is 0 Å². The quantitative estimate of drug-likeness (QED) is 0.773. The van der Waals surface area contributed by atoms with E-state index in [1.807, 2.05) is 18.9 Å². The van der Waals surface area contributed by atoms with Gasteiger partial charge in [0.15, 0.2) is 10.8 Å². The molecule has 1 saturated heterocycles. The van der Waals surface area contributed by atoms with Gasteiger partial charge in [-0.25, -0.2) is 14.1 Å². The number of rotatable bonds is 2. The minimum absolute atomic E-state index is 0.138. The lowest BCUT2D eigenvalue weighted by atomic mass is 10.0. The summed E-state index contributed by atoms with van der Waals surface area (Å²) in [5, 5.41) is 7.97. The largest absolute Gasteiger partial charge is 0.352 e. The Kier molecular flexibility index (Phi) is 3.49. The van der Waals surface area contributed by atoms with Crippen molar-refractivity contribution >= 4 is 32.7 Å². The molecule has 1 aliphatic heterocycles. The molecule has 24 heavy (non-hydrogen) atoms. The summed E-state index contributed by atoms with van der Waals surface area (Å²) in [4.78, 5) is 19.1. The SMILES string of the molecule is Cc1nn(C)c2nc(N3CCNC(=O)C3c3cccc(F)c3)sc12. The molecule has 0 saturated carbocycles. The molecule has 1 atom stereocenters. The smallest absolute Gasteiger partial charge is 0.247 e. The molecule has 0 spiro atoms. The Hall–Kier alpha value is -2.48. The second-order valence-electron chi connectivity index (χ2n) is 5.80. The zero-order chi connectivity index (χ0) is 16.8. The molecule has 1 N–H and O–H groups in total. The maximum atomic E-state index is 13.6. The highest BCUT2D eigenvalue weighted by atomic mass is 32.1. The highest BCUT2D eigenvalue weighted by Crippen LogP contribution is 2.36. The van der Waals surface area contributed by atoms with Crippen molar-refractivity contribution in [3.05, 3.63) is 41.3 Å². The fraction of sp³-hybridized carbons (Fsp3) is 0.312. The predicted molar refractivity (Wildman–Crippen MR) is 90.6 cm³/mol. The lowest BCUT2D eigenvalue weighted by Gasteiger charge is -2.35. The standard InChI is InChI=1S/C16H16FN5OS/c1-9-13-14(21(2)20-9)19-16(24-13)22-7-6-18-15(23)12(22)10-4-3-5-11(17)8-10/h3-5,8,12H,6-7H2,1-2H3,(H,18,23). The van der Waals surface area contributed by atoms with Gasteiger partial charge in [0.05, 0.1) is 10.4 Å². The van der Waals surface area contributed by atoms with Gasteiger partial charge in [-0.2, -0.15) is 5.10 Å². The number of fused-ring (bicyclic) bond motifs is 1. The first-order valence-electron chi connectivity index (χ1n) is 7.64. The average Bonchev–Trinajstić information content (AvgIpc) is 3.09. The molecule has 2 aromatic heterocycles. The van der Waals surface area contributed by atoms with E-state index in [0.29, 0.717) is 18.7 Å². The van der Waals surface area contributed by atoms with Crippen molar-refractivity contribution in [2.24, 2.45) is 7.05 Å². The fourth-order valence-electron chi connectivity index (χ4n) is 3.08. The van der Waals surface area contributed by atoms with E-state index in [1.54, 1.807) is 16.8 Å². The van der Waals surface area contributed by atoms with Crippen LogP contribution in [0, 0.1) is 12.7 Å². The molecule has 0 radical (unpaired) electrons. The van der Waals surface area contributed by atoms with E-state index in [1.165, 1.54) is 23.5 Å². The number of carbonyl (C=O) groups is 1. The number of benzene rings is 1. The fourth-order valence-corrected chi connectivity index (χ4v) is 4.16. The van der Waals surface area contributed by atoms with Crippen LogP contribution in [0.15, 0.2) is 24.3 Å². The van der Waals surface area contributed by atoms with Gasteiger partial charge >= 0.3 is 0 Å². The number of anilines is 1. The van der Waals surface area contributed by atoms with E-state index in [4.69, 9.17) is 0 Å². The number of piperazine rings is 1. The number of hydrogen-bond acceptors (Lipinski definition) is 5. The molecule has 1 fully saturated rings. The minimum Gasteiger partial charge on any atom is -0.352 e. The van der Waals surface area contributed by atoms with Gasteiger partial charge in [0.2, 0.25) is 5.91 Å². The topological polar surface area (TPSA) is 63.1 Å². The van der Waals surface area contributed by atoms with Gasteiger partial charge in [-0.1, -0.05) is 23.5 Å². The Labute approximate surface area is 141 Å². The zero-order valence-corrected chi connectivity index (χ0v) is 14.1. The van der Waals surface area contributed by atoms with Crippen LogP contribution in [-0.4, -0.2) is 33.8 Å². The molecule has 1 unspecified atom stereocenters. The monoisotopic (exact) mass is 345 g/mol. The summed E-state index contributed by atoms with van der Waals surface area (Å²) in [5.41, 5.74) is 2.35. The average molecular weight is 345 g/mol. The zero-order valence-electron chi connectivity index (χ0n) is 13.3. The van der Waals surface area contributed by atoms with Gasteiger partial charge in [0, 0.05) is 20.1 Å². The van der Waals surface area contributed by atoms with Crippen LogP contribution < -0.4 is 10.2 Å². The molecule has 1 amide bonds. The molecule has 124 valence electrons. The summed E-state index contributed by atoms with van der Waals surface area (Å²) < 4.78 is 16.4. The van der Waals surface area contributed by atoms with Gasteiger partial charge in [-0.3, -0.25) is 4.79 Å². The van der Waals surface area contributed by atoms with Crippen LogP contribution in [0.4, 0.5) is 9.52 Å². The van der Waals surface area contributed by atoms with E-state index in [-0.39, 0.29) is 11.7 Å². The molecule has 0 aliphatic carbocycles. The summed E-state index contributed by atoms with van der Waals surface area (Å²) in [7, 11) is 1.85. The maximum absolute atomic E-state index is 13.6. The number of nitrogens with one attached hydrogen (secondary N) is 1. The number of carbonyl (C=O) groups excluding carboxylic acids is 1. The third-order valence-corrected chi connectivity index (χ3v) is 5.35. The van der Waals surface area contributed by atoms with E-state index < -0.39 is 6.04 Å². The Morgan fingerprint density at radius 1 is 1.42 bits per heavy atom. The third-order valence-electron chi connectivity index (χ3n) is 4.16. The number of aromatic nitrogens is 3. The summed E-state index contributed by atoms with van der Waals surface area (Å²) in [6, 6.07) is 5.59. The van der Waals surface area contributed by atoms with Crippen molar-refractivity contribution in [1.29, 1.82) is 0 Å². The molecule has 3 aromatic rings. The van der Waals surface area contributed by atoms with Crippen LogP contribution in [-0.2, 0) is 11.8 Å². The van der Waals surface area contributed by atoms with Gasteiger partial charge in [0.25, 0.3) is 0 Å². The number of nitrogens with zero attached hydrogens (tertiary/aromatic N) is 4. The molecule has 0 bridgehead atoms. The van der Waals surface area contributed by atoms with Crippen molar-refractivity contribution in [3.8, 4) is 0 Å². The van der Waals surface area contributed by atoms with Crippen LogP contribution >= 0.6 is 11.3 Å². The maximum Gasteiger partial charge on any atom is 0.247 e. The Balaban J connectivity index is 1.80. The second-order valence-corrected chi connectivity index (χ2v) is 6.78.